The summed E-state index contributed by atoms with van der Waals surface area (Å²) in [5.41, 5.74) is 0. The summed E-state index contributed by atoms with van der Waals surface area (Å²) in [6.45, 7) is 10.5. The first kappa shape index (κ1) is 13.9. The maximum atomic E-state index is 9.71. The molecule has 0 aliphatic rings. The van der Waals surface area contributed by atoms with E-state index in [2.05, 4.69) is 33.0 Å². The summed E-state index contributed by atoms with van der Waals surface area (Å²) in [6.07, 6.45) is 3.31. The Balaban J connectivity index is 3.52. The molecule has 0 heterocycles. The van der Waals surface area contributed by atoms with Gasteiger partial charge in [-0.2, -0.15) is 0 Å². The third-order valence-electron chi connectivity index (χ3n) is 3.24. The molecule has 2 heteroatoms. The molecule has 0 aliphatic heterocycles. The maximum Gasteiger partial charge on any atom is 0.0689 e. The van der Waals surface area contributed by atoms with E-state index in [-0.39, 0.29) is 6.10 Å². The van der Waals surface area contributed by atoms with E-state index in [1.165, 1.54) is 12.8 Å². The predicted octanol–water partition coefficient (Wildman–Crippen LogP) is 2.42. The Morgan fingerprint density at radius 3 is 2.00 bits per heavy atom. The van der Waals surface area contributed by atoms with Gasteiger partial charge in [0.2, 0.25) is 0 Å². The predicted molar refractivity (Wildman–Crippen MR) is 62.4 cm³/mol. The Morgan fingerprint density at radius 1 is 1.00 bits per heavy atom. The van der Waals surface area contributed by atoms with Crippen molar-refractivity contribution in [3.05, 3.63) is 0 Å². The standard InChI is InChI=1S/C12H27NO/c1-5-10(4)12(14)9-13-8-11(6-2)7-3/h10-14H,5-9H2,1-4H3. The Labute approximate surface area is 89.1 Å². The highest BCUT2D eigenvalue weighted by Gasteiger charge is 2.12. The van der Waals surface area contributed by atoms with Crippen molar-refractivity contribution in [2.45, 2.75) is 53.1 Å². The van der Waals surface area contributed by atoms with Crippen LogP contribution < -0.4 is 5.32 Å². The van der Waals surface area contributed by atoms with Gasteiger partial charge in [0.05, 0.1) is 6.10 Å². The highest BCUT2D eigenvalue weighted by molar-refractivity contribution is 4.67. The fourth-order valence-electron chi connectivity index (χ4n) is 1.49. The van der Waals surface area contributed by atoms with Crippen LogP contribution in [0.5, 0.6) is 0 Å². The molecule has 0 fully saturated rings. The van der Waals surface area contributed by atoms with E-state index in [4.69, 9.17) is 0 Å². The van der Waals surface area contributed by atoms with Crippen LogP contribution >= 0.6 is 0 Å². The fourth-order valence-corrected chi connectivity index (χ4v) is 1.49. The monoisotopic (exact) mass is 201 g/mol. The molecule has 2 atom stereocenters. The zero-order chi connectivity index (χ0) is 11.0. The van der Waals surface area contributed by atoms with Crippen molar-refractivity contribution in [3.63, 3.8) is 0 Å². The van der Waals surface area contributed by atoms with E-state index in [9.17, 15) is 5.11 Å². The zero-order valence-electron chi connectivity index (χ0n) is 10.2. The summed E-state index contributed by atoms with van der Waals surface area (Å²) in [5, 5.41) is 13.1. The number of hydrogen-bond acceptors (Lipinski definition) is 2. The van der Waals surface area contributed by atoms with Gasteiger partial charge < -0.3 is 10.4 Å². The van der Waals surface area contributed by atoms with Gasteiger partial charge >= 0.3 is 0 Å². The third kappa shape index (κ3) is 5.61. The van der Waals surface area contributed by atoms with Crippen molar-refractivity contribution in [1.29, 1.82) is 0 Å². The average molecular weight is 201 g/mol. The third-order valence-corrected chi connectivity index (χ3v) is 3.24. The van der Waals surface area contributed by atoms with Crippen molar-refractivity contribution < 1.29 is 5.11 Å². The summed E-state index contributed by atoms with van der Waals surface area (Å²) in [5.74, 6) is 1.17. The zero-order valence-corrected chi connectivity index (χ0v) is 10.2. The lowest BCUT2D eigenvalue weighted by molar-refractivity contribution is 0.111. The second kappa shape index (κ2) is 8.25. The Hall–Kier alpha value is -0.0800. The summed E-state index contributed by atoms with van der Waals surface area (Å²) >= 11 is 0. The van der Waals surface area contributed by atoms with Gasteiger partial charge in [0, 0.05) is 6.54 Å². The Bertz CT molecular complexity index is 123. The van der Waals surface area contributed by atoms with Crippen molar-refractivity contribution >= 4 is 0 Å². The van der Waals surface area contributed by atoms with Crippen molar-refractivity contribution in [2.75, 3.05) is 13.1 Å². The van der Waals surface area contributed by atoms with Crippen LogP contribution in [0.2, 0.25) is 0 Å². The first-order valence-corrected chi connectivity index (χ1v) is 6.04. The van der Waals surface area contributed by atoms with Gasteiger partial charge in [-0.15, -0.1) is 0 Å². The molecule has 2 N–H and O–H groups in total. The van der Waals surface area contributed by atoms with Gasteiger partial charge in [-0.1, -0.05) is 47.0 Å². The molecule has 0 saturated carbocycles. The highest BCUT2D eigenvalue weighted by atomic mass is 16.3. The molecule has 0 aromatic carbocycles. The number of aliphatic hydroxyl groups excluding tert-OH is 1. The first-order valence-electron chi connectivity index (χ1n) is 6.04. The molecule has 0 aromatic rings. The number of hydrogen-bond donors (Lipinski definition) is 2. The minimum atomic E-state index is -0.186. The quantitative estimate of drug-likeness (QED) is 0.632. The molecule has 0 rings (SSSR count). The fraction of sp³-hybridized carbons (Fsp3) is 1.00. The Morgan fingerprint density at radius 2 is 1.57 bits per heavy atom. The van der Waals surface area contributed by atoms with Crippen molar-refractivity contribution in [2.24, 2.45) is 11.8 Å². The molecule has 0 spiro atoms. The SMILES string of the molecule is CCC(CC)CNCC(O)C(C)CC. The molecular weight excluding hydrogens is 174 g/mol. The van der Waals surface area contributed by atoms with E-state index in [1.807, 2.05) is 0 Å². The van der Waals surface area contributed by atoms with Crippen LogP contribution in [0.15, 0.2) is 0 Å². The second-order valence-electron chi connectivity index (χ2n) is 4.29. The number of aliphatic hydroxyl groups is 1. The van der Waals surface area contributed by atoms with Crippen molar-refractivity contribution in [1.82, 2.24) is 5.32 Å². The molecular formula is C12H27NO. The minimum absolute atomic E-state index is 0.186. The van der Waals surface area contributed by atoms with E-state index in [0.29, 0.717) is 5.92 Å². The average Bonchev–Trinajstić information content (AvgIpc) is 2.22. The summed E-state index contributed by atoms with van der Waals surface area (Å²) in [7, 11) is 0. The smallest absolute Gasteiger partial charge is 0.0689 e. The van der Waals surface area contributed by atoms with Crippen LogP contribution in [-0.4, -0.2) is 24.3 Å². The lowest BCUT2D eigenvalue weighted by Crippen LogP contribution is -2.34. The van der Waals surface area contributed by atoms with E-state index in [0.717, 1.165) is 25.4 Å². The normalized spacial score (nSPS) is 15.9. The Kier molecular flexibility index (Phi) is 8.20. The molecule has 14 heavy (non-hydrogen) atoms. The van der Waals surface area contributed by atoms with Gasteiger partial charge in [-0.25, -0.2) is 0 Å². The van der Waals surface area contributed by atoms with Gasteiger partial charge in [-0.3, -0.25) is 0 Å². The maximum absolute atomic E-state index is 9.71. The first-order chi connectivity index (χ1) is 6.65. The number of nitrogens with one attached hydrogen (secondary N) is 1. The van der Waals surface area contributed by atoms with Gasteiger partial charge in [0.15, 0.2) is 0 Å². The van der Waals surface area contributed by atoms with Crippen LogP contribution in [0.4, 0.5) is 0 Å². The largest absolute Gasteiger partial charge is 0.392 e. The van der Waals surface area contributed by atoms with E-state index < -0.39 is 0 Å². The van der Waals surface area contributed by atoms with Crippen LogP contribution in [0, 0.1) is 11.8 Å². The molecule has 2 unspecified atom stereocenters. The minimum Gasteiger partial charge on any atom is -0.392 e. The second-order valence-corrected chi connectivity index (χ2v) is 4.29. The van der Waals surface area contributed by atoms with Crippen molar-refractivity contribution in [3.8, 4) is 0 Å². The van der Waals surface area contributed by atoms with E-state index >= 15 is 0 Å². The summed E-state index contributed by atoms with van der Waals surface area (Å²) in [6, 6.07) is 0. The molecule has 0 radical (unpaired) electrons. The van der Waals surface area contributed by atoms with Crippen LogP contribution in [0.1, 0.15) is 47.0 Å². The van der Waals surface area contributed by atoms with Gasteiger partial charge in [0.25, 0.3) is 0 Å². The molecule has 0 amide bonds. The molecule has 0 bridgehead atoms. The van der Waals surface area contributed by atoms with Crippen LogP contribution in [-0.2, 0) is 0 Å². The molecule has 2 nitrogen and oxygen atoms in total. The summed E-state index contributed by atoms with van der Waals surface area (Å²) in [4.78, 5) is 0. The van der Waals surface area contributed by atoms with Gasteiger partial charge in [0.1, 0.15) is 0 Å². The number of rotatable bonds is 8. The topological polar surface area (TPSA) is 32.3 Å². The van der Waals surface area contributed by atoms with Crippen LogP contribution in [0.25, 0.3) is 0 Å². The molecule has 0 saturated heterocycles. The highest BCUT2D eigenvalue weighted by Crippen LogP contribution is 2.08. The molecule has 86 valence electrons. The van der Waals surface area contributed by atoms with Crippen LogP contribution in [0.3, 0.4) is 0 Å². The van der Waals surface area contributed by atoms with E-state index in [1.54, 1.807) is 0 Å². The lowest BCUT2D eigenvalue weighted by Gasteiger charge is -2.19. The lowest BCUT2D eigenvalue weighted by atomic mass is 10.0. The molecule has 0 aromatic heterocycles. The van der Waals surface area contributed by atoms with Gasteiger partial charge in [-0.05, 0) is 18.4 Å². The molecule has 0 aliphatic carbocycles. The summed E-state index contributed by atoms with van der Waals surface area (Å²) < 4.78 is 0.